The molecule has 1 saturated heterocycles. The topological polar surface area (TPSA) is 96.0 Å². The fraction of sp³-hybridized carbons (Fsp3) is 0.600. The molecule has 1 fully saturated rings. The van der Waals surface area contributed by atoms with Crippen LogP contribution in [-0.2, 0) is 33.4 Å². The van der Waals surface area contributed by atoms with Gasteiger partial charge >= 0.3 is 17.9 Å². The van der Waals surface area contributed by atoms with E-state index in [1.807, 2.05) is 0 Å². The van der Waals surface area contributed by atoms with Gasteiger partial charge in [-0.15, -0.1) is 0 Å². The van der Waals surface area contributed by atoms with E-state index in [1.54, 1.807) is 13.8 Å². The van der Waals surface area contributed by atoms with E-state index in [4.69, 9.17) is 14.2 Å². The van der Waals surface area contributed by atoms with Crippen LogP contribution < -0.4 is 0 Å². The lowest BCUT2D eigenvalue weighted by molar-refractivity contribution is -0.181. The van der Waals surface area contributed by atoms with Crippen molar-refractivity contribution in [3.05, 3.63) is 12.2 Å². The molecule has 1 aliphatic heterocycles. The average Bonchev–Trinajstić information content (AvgIpc) is 2.63. The van der Waals surface area contributed by atoms with Gasteiger partial charge in [0.1, 0.15) is 6.10 Å². The standard InChI is InChI=1S/C15H18O7/c1-7-5-6-11(18)13(22-10(4)17)15(7)12(21-9(3)16)8(2)20-14(15)19/h5-8,12-13H,1-4H3/t7-,8-,12+,13-,15?/m0/s1. The molecule has 0 aromatic heterocycles. The predicted molar refractivity (Wildman–Crippen MR) is 72.4 cm³/mol. The molecule has 0 bridgehead atoms. The van der Waals surface area contributed by atoms with Crippen LogP contribution in [-0.4, -0.2) is 42.0 Å². The van der Waals surface area contributed by atoms with Crippen molar-refractivity contribution in [2.45, 2.75) is 46.0 Å². The van der Waals surface area contributed by atoms with E-state index in [0.717, 1.165) is 6.92 Å². The lowest BCUT2D eigenvalue weighted by Crippen LogP contribution is -2.59. The minimum absolute atomic E-state index is 0.503. The minimum Gasteiger partial charge on any atom is -0.458 e. The van der Waals surface area contributed by atoms with Gasteiger partial charge in [-0.3, -0.25) is 19.2 Å². The molecule has 0 saturated carbocycles. The Morgan fingerprint density at radius 2 is 1.73 bits per heavy atom. The number of rotatable bonds is 2. The first-order valence-corrected chi connectivity index (χ1v) is 6.98. The highest BCUT2D eigenvalue weighted by Gasteiger charge is 2.68. The molecule has 0 aromatic rings. The maximum atomic E-state index is 12.5. The number of hydrogen-bond donors (Lipinski definition) is 0. The summed E-state index contributed by atoms with van der Waals surface area (Å²) < 4.78 is 15.6. The van der Waals surface area contributed by atoms with Crippen molar-refractivity contribution in [2.75, 3.05) is 0 Å². The third-order valence-electron chi connectivity index (χ3n) is 4.12. The molecule has 7 nitrogen and oxygen atoms in total. The van der Waals surface area contributed by atoms with Gasteiger partial charge in [-0.2, -0.15) is 0 Å². The fourth-order valence-corrected chi connectivity index (χ4v) is 3.19. The zero-order valence-electron chi connectivity index (χ0n) is 12.8. The van der Waals surface area contributed by atoms with E-state index in [9.17, 15) is 19.2 Å². The second kappa shape index (κ2) is 5.55. The molecule has 1 aliphatic carbocycles. The van der Waals surface area contributed by atoms with E-state index in [2.05, 4.69) is 0 Å². The largest absolute Gasteiger partial charge is 0.458 e. The molecule has 22 heavy (non-hydrogen) atoms. The van der Waals surface area contributed by atoms with Crippen LogP contribution in [0.3, 0.4) is 0 Å². The van der Waals surface area contributed by atoms with Crippen LogP contribution in [0.5, 0.6) is 0 Å². The number of cyclic esters (lactones) is 1. The molecular weight excluding hydrogens is 292 g/mol. The van der Waals surface area contributed by atoms with Crippen molar-refractivity contribution >= 4 is 23.7 Å². The van der Waals surface area contributed by atoms with Crippen LogP contribution in [0.2, 0.25) is 0 Å². The van der Waals surface area contributed by atoms with Gasteiger partial charge in [0.2, 0.25) is 0 Å². The third kappa shape index (κ3) is 2.30. The molecule has 120 valence electrons. The highest BCUT2D eigenvalue weighted by Crippen LogP contribution is 2.49. The van der Waals surface area contributed by atoms with Gasteiger partial charge in [0.05, 0.1) is 0 Å². The second-order valence-corrected chi connectivity index (χ2v) is 5.61. The molecule has 1 spiro atoms. The molecular formula is C15H18O7. The average molecular weight is 310 g/mol. The minimum atomic E-state index is -1.55. The van der Waals surface area contributed by atoms with E-state index >= 15 is 0 Å². The Balaban J connectivity index is 2.58. The van der Waals surface area contributed by atoms with Crippen LogP contribution in [0.1, 0.15) is 27.7 Å². The number of ketones is 1. The van der Waals surface area contributed by atoms with Crippen LogP contribution >= 0.6 is 0 Å². The van der Waals surface area contributed by atoms with Crippen molar-refractivity contribution < 1.29 is 33.4 Å². The molecule has 1 heterocycles. The Bertz CT molecular complexity index is 564. The number of ether oxygens (including phenoxy) is 3. The molecule has 0 N–H and O–H groups in total. The summed E-state index contributed by atoms with van der Waals surface area (Å²) in [6, 6.07) is 0. The molecule has 1 unspecified atom stereocenters. The molecule has 2 rings (SSSR count). The van der Waals surface area contributed by atoms with E-state index in [1.165, 1.54) is 19.1 Å². The molecule has 0 radical (unpaired) electrons. The lowest BCUT2D eigenvalue weighted by atomic mass is 9.64. The second-order valence-electron chi connectivity index (χ2n) is 5.61. The zero-order valence-corrected chi connectivity index (χ0v) is 12.8. The first-order valence-electron chi connectivity index (χ1n) is 6.98. The van der Waals surface area contributed by atoms with Gasteiger partial charge in [0, 0.05) is 13.8 Å². The van der Waals surface area contributed by atoms with Crippen molar-refractivity contribution in [1.82, 2.24) is 0 Å². The van der Waals surface area contributed by atoms with Gasteiger partial charge in [-0.25, -0.2) is 0 Å². The summed E-state index contributed by atoms with van der Waals surface area (Å²) in [5, 5.41) is 0. The molecule has 2 aliphatic rings. The Kier molecular flexibility index (Phi) is 4.08. The maximum Gasteiger partial charge on any atom is 0.321 e. The maximum absolute atomic E-state index is 12.5. The summed E-state index contributed by atoms with van der Waals surface area (Å²) in [6.45, 7) is 5.61. The SMILES string of the molecule is CC(=O)O[C@@H]1[C@H](C)OC(=O)C12[C@@H](C)C=CC(=O)[C@@H]2OC(C)=O. The Labute approximate surface area is 127 Å². The van der Waals surface area contributed by atoms with Crippen molar-refractivity contribution in [2.24, 2.45) is 11.3 Å². The third-order valence-corrected chi connectivity index (χ3v) is 4.12. The van der Waals surface area contributed by atoms with E-state index < -0.39 is 53.3 Å². The summed E-state index contributed by atoms with van der Waals surface area (Å²) in [7, 11) is 0. The van der Waals surface area contributed by atoms with E-state index in [0.29, 0.717) is 0 Å². The molecule has 0 aromatic carbocycles. The van der Waals surface area contributed by atoms with Gasteiger partial charge < -0.3 is 14.2 Å². The predicted octanol–water partition coefficient (Wildman–Crippen LogP) is 0.556. The van der Waals surface area contributed by atoms with Crippen LogP contribution in [0.25, 0.3) is 0 Å². The zero-order chi connectivity index (χ0) is 16.7. The highest BCUT2D eigenvalue weighted by molar-refractivity contribution is 6.02. The van der Waals surface area contributed by atoms with Gasteiger partial charge in [0.15, 0.2) is 23.4 Å². The number of esters is 3. The quantitative estimate of drug-likeness (QED) is 0.543. The van der Waals surface area contributed by atoms with E-state index in [-0.39, 0.29) is 0 Å². The molecule has 5 atom stereocenters. The van der Waals surface area contributed by atoms with Gasteiger partial charge in [-0.1, -0.05) is 13.0 Å². The van der Waals surface area contributed by atoms with Crippen LogP contribution in [0.4, 0.5) is 0 Å². The van der Waals surface area contributed by atoms with Gasteiger partial charge in [0.25, 0.3) is 0 Å². The van der Waals surface area contributed by atoms with Crippen molar-refractivity contribution in [3.63, 3.8) is 0 Å². The summed E-state index contributed by atoms with van der Waals surface area (Å²) in [5.74, 6) is -3.05. The van der Waals surface area contributed by atoms with Crippen molar-refractivity contribution in [3.8, 4) is 0 Å². The number of allylic oxidation sites excluding steroid dienone is 1. The number of hydrogen-bond acceptors (Lipinski definition) is 7. The monoisotopic (exact) mass is 310 g/mol. The van der Waals surface area contributed by atoms with Gasteiger partial charge in [-0.05, 0) is 18.9 Å². The molecule has 7 heteroatoms. The Hall–Kier alpha value is -2.18. The number of carbonyl (C=O) groups is 4. The smallest absolute Gasteiger partial charge is 0.321 e. The van der Waals surface area contributed by atoms with Crippen molar-refractivity contribution in [1.29, 1.82) is 0 Å². The van der Waals surface area contributed by atoms with Crippen LogP contribution in [0.15, 0.2) is 12.2 Å². The summed E-state index contributed by atoms with van der Waals surface area (Å²) in [4.78, 5) is 47.5. The lowest BCUT2D eigenvalue weighted by Gasteiger charge is -2.41. The summed E-state index contributed by atoms with van der Waals surface area (Å²) in [6.07, 6.45) is -0.309. The summed E-state index contributed by atoms with van der Waals surface area (Å²) in [5.41, 5.74) is -1.55. The summed E-state index contributed by atoms with van der Waals surface area (Å²) >= 11 is 0. The fourth-order valence-electron chi connectivity index (χ4n) is 3.19. The normalized spacial score (nSPS) is 37.1. The first-order chi connectivity index (χ1) is 10.2. The Morgan fingerprint density at radius 1 is 1.14 bits per heavy atom. The Morgan fingerprint density at radius 3 is 2.27 bits per heavy atom. The first kappa shape index (κ1) is 16.2. The van der Waals surface area contributed by atoms with Crippen LogP contribution in [0, 0.1) is 11.3 Å². The molecule has 0 amide bonds. The highest BCUT2D eigenvalue weighted by atomic mass is 16.6. The number of carbonyl (C=O) groups excluding carboxylic acids is 4.